The predicted molar refractivity (Wildman–Crippen MR) is 80.0 cm³/mol. The van der Waals surface area contributed by atoms with Crippen molar-refractivity contribution in [2.24, 2.45) is 0 Å². The summed E-state index contributed by atoms with van der Waals surface area (Å²) in [7, 11) is 0. The predicted octanol–water partition coefficient (Wildman–Crippen LogP) is 3.96. The molecule has 4 heteroatoms. The highest BCUT2D eigenvalue weighted by Crippen LogP contribution is 2.31. The summed E-state index contributed by atoms with van der Waals surface area (Å²) in [6.45, 7) is 6.42. The molecule has 0 bridgehead atoms. The Kier molecular flexibility index (Phi) is 4.77. The summed E-state index contributed by atoms with van der Waals surface area (Å²) in [5.41, 5.74) is 1.06. The maximum Gasteiger partial charge on any atom is 0.0640 e. The highest BCUT2D eigenvalue weighted by molar-refractivity contribution is 6.35. The van der Waals surface area contributed by atoms with Crippen LogP contribution in [0.2, 0.25) is 10.0 Å². The van der Waals surface area contributed by atoms with Crippen molar-refractivity contribution in [3.8, 4) is 0 Å². The Morgan fingerprint density at radius 1 is 1.33 bits per heavy atom. The van der Waals surface area contributed by atoms with Crippen LogP contribution in [0.3, 0.4) is 0 Å². The Morgan fingerprint density at radius 2 is 2.11 bits per heavy atom. The Labute approximate surface area is 119 Å². The normalized spacial score (nSPS) is 20.5. The van der Waals surface area contributed by atoms with Crippen molar-refractivity contribution in [3.05, 3.63) is 28.2 Å². The molecule has 1 unspecified atom stereocenters. The first-order valence-corrected chi connectivity index (χ1v) is 7.28. The van der Waals surface area contributed by atoms with Gasteiger partial charge in [0.15, 0.2) is 0 Å². The number of hydrogen-bond acceptors (Lipinski definition) is 2. The fourth-order valence-electron chi connectivity index (χ4n) is 2.53. The Hall–Kier alpha value is -0.440. The smallest absolute Gasteiger partial charge is 0.0640 e. The number of hydrogen-bond donors (Lipinski definition) is 1. The third kappa shape index (κ3) is 3.53. The molecule has 1 fully saturated rings. The van der Waals surface area contributed by atoms with Crippen LogP contribution in [0.5, 0.6) is 0 Å². The molecule has 1 N–H and O–H groups in total. The molecular weight excluding hydrogens is 267 g/mol. The number of benzene rings is 1. The van der Waals surface area contributed by atoms with Gasteiger partial charge in [-0.3, -0.25) is 0 Å². The Balaban J connectivity index is 2.10. The fraction of sp³-hybridized carbons (Fsp3) is 0.571. The van der Waals surface area contributed by atoms with Gasteiger partial charge in [-0.2, -0.15) is 0 Å². The molecule has 18 heavy (non-hydrogen) atoms. The first-order valence-electron chi connectivity index (χ1n) is 6.52. The van der Waals surface area contributed by atoms with Crippen molar-refractivity contribution < 1.29 is 0 Å². The van der Waals surface area contributed by atoms with Crippen LogP contribution in [0.4, 0.5) is 5.69 Å². The topological polar surface area (TPSA) is 15.3 Å². The zero-order chi connectivity index (χ0) is 13.1. The van der Waals surface area contributed by atoms with E-state index in [-0.39, 0.29) is 0 Å². The van der Waals surface area contributed by atoms with Gasteiger partial charge in [-0.25, -0.2) is 0 Å². The van der Waals surface area contributed by atoms with E-state index in [9.17, 15) is 0 Å². The summed E-state index contributed by atoms with van der Waals surface area (Å²) in [5, 5.41) is 5.12. The molecule has 0 aromatic heterocycles. The monoisotopic (exact) mass is 286 g/mol. The summed E-state index contributed by atoms with van der Waals surface area (Å²) >= 11 is 12.3. The minimum atomic E-state index is 0.518. The maximum atomic E-state index is 6.26. The quantitative estimate of drug-likeness (QED) is 0.905. The van der Waals surface area contributed by atoms with Gasteiger partial charge >= 0.3 is 0 Å². The number of rotatable bonds is 3. The van der Waals surface area contributed by atoms with Crippen LogP contribution in [-0.4, -0.2) is 25.2 Å². The molecule has 2 nitrogen and oxygen atoms in total. The van der Waals surface area contributed by atoms with Crippen molar-refractivity contribution in [1.29, 1.82) is 0 Å². The fourth-order valence-corrected chi connectivity index (χ4v) is 2.93. The van der Waals surface area contributed by atoms with Gasteiger partial charge in [0.2, 0.25) is 0 Å². The van der Waals surface area contributed by atoms with Crippen LogP contribution >= 0.6 is 23.2 Å². The molecule has 0 spiro atoms. The van der Waals surface area contributed by atoms with Crippen LogP contribution in [0.15, 0.2) is 18.2 Å². The van der Waals surface area contributed by atoms with Gasteiger partial charge in [0.25, 0.3) is 0 Å². The van der Waals surface area contributed by atoms with Crippen molar-refractivity contribution in [2.45, 2.75) is 38.8 Å². The molecular formula is C14H20Cl2N2. The average Bonchev–Trinajstić information content (AvgIpc) is 2.32. The molecule has 1 saturated heterocycles. The second-order valence-electron chi connectivity index (χ2n) is 5.20. The van der Waals surface area contributed by atoms with Gasteiger partial charge in [-0.05, 0) is 31.0 Å². The van der Waals surface area contributed by atoms with E-state index in [2.05, 4.69) is 24.1 Å². The van der Waals surface area contributed by atoms with Crippen LogP contribution in [-0.2, 0) is 0 Å². The van der Waals surface area contributed by atoms with Gasteiger partial charge in [0.05, 0.1) is 10.7 Å². The van der Waals surface area contributed by atoms with E-state index in [1.54, 1.807) is 0 Å². The molecule has 1 heterocycles. The molecule has 2 rings (SSSR count). The summed E-state index contributed by atoms with van der Waals surface area (Å²) in [4.78, 5) is 2.33. The molecule has 1 aliphatic rings. The van der Waals surface area contributed by atoms with Crippen LogP contribution in [0, 0.1) is 0 Å². The largest absolute Gasteiger partial charge is 0.369 e. The van der Waals surface area contributed by atoms with Gasteiger partial charge in [0, 0.05) is 30.2 Å². The molecule has 1 aromatic rings. The van der Waals surface area contributed by atoms with E-state index >= 15 is 0 Å². The molecule has 1 atom stereocenters. The minimum Gasteiger partial charge on any atom is -0.369 e. The van der Waals surface area contributed by atoms with Crippen molar-refractivity contribution in [2.75, 3.05) is 18.0 Å². The first-order chi connectivity index (χ1) is 8.56. The standard InChI is InChI=1S/C14H20Cl2N2/c1-10(2)17-12-4-3-7-18(9-12)14-8-11(15)5-6-13(14)16/h5-6,8,10,12,17H,3-4,7,9H2,1-2H3. The number of halogens is 2. The molecule has 0 radical (unpaired) electrons. The molecule has 0 saturated carbocycles. The second-order valence-corrected chi connectivity index (χ2v) is 6.05. The second kappa shape index (κ2) is 6.14. The summed E-state index contributed by atoms with van der Waals surface area (Å²) in [6, 6.07) is 6.72. The number of nitrogens with zero attached hydrogens (tertiary/aromatic N) is 1. The van der Waals surface area contributed by atoms with Gasteiger partial charge in [0.1, 0.15) is 0 Å². The maximum absolute atomic E-state index is 6.26. The van der Waals surface area contributed by atoms with E-state index in [1.807, 2.05) is 18.2 Å². The molecule has 0 amide bonds. The Morgan fingerprint density at radius 3 is 2.83 bits per heavy atom. The van der Waals surface area contributed by atoms with E-state index in [0.717, 1.165) is 28.8 Å². The van der Waals surface area contributed by atoms with Crippen molar-refractivity contribution in [1.82, 2.24) is 5.32 Å². The number of piperidine rings is 1. The SMILES string of the molecule is CC(C)NC1CCCN(c2cc(Cl)ccc2Cl)C1. The van der Waals surface area contributed by atoms with E-state index in [0.29, 0.717) is 12.1 Å². The van der Waals surface area contributed by atoms with Gasteiger partial charge in [-0.1, -0.05) is 37.0 Å². The highest BCUT2D eigenvalue weighted by Gasteiger charge is 2.21. The van der Waals surface area contributed by atoms with E-state index < -0.39 is 0 Å². The zero-order valence-electron chi connectivity index (χ0n) is 10.9. The van der Waals surface area contributed by atoms with E-state index in [4.69, 9.17) is 23.2 Å². The van der Waals surface area contributed by atoms with E-state index in [1.165, 1.54) is 12.8 Å². The third-order valence-corrected chi connectivity index (χ3v) is 3.79. The third-order valence-electron chi connectivity index (χ3n) is 3.24. The lowest BCUT2D eigenvalue weighted by molar-refractivity contribution is 0.395. The number of nitrogens with one attached hydrogen (secondary N) is 1. The van der Waals surface area contributed by atoms with Crippen LogP contribution < -0.4 is 10.2 Å². The summed E-state index contributed by atoms with van der Waals surface area (Å²) < 4.78 is 0. The Bertz CT molecular complexity index is 407. The molecule has 1 aromatic carbocycles. The van der Waals surface area contributed by atoms with Crippen LogP contribution in [0.1, 0.15) is 26.7 Å². The lowest BCUT2D eigenvalue weighted by Crippen LogP contribution is -2.48. The van der Waals surface area contributed by atoms with Crippen LogP contribution in [0.25, 0.3) is 0 Å². The minimum absolute atomic E-state index is 0.518. The number of anilines is 1. The zero-order valence-corrected chi connectivity index (χ0v) is 12.4. The summed E-state index contributed by atoms with van der Waals surface area (Å²) in [6.07, 6.45) is 2.42. The van der Waals surface area contributed by atoms with Crippen molar-refractivity contribution >= 4 is 28.9 Å². The summed E-state index contributed by atoms with van der Waals surface area (Å²) in [5.74, 6) is 0. The molecule has 0 aliphatic carbocycles. The first kappa shape index (κ1) is 14.0. The molecule has 1 aliphatic heterocycles. The van der Waals surface area contributed by atoms with Crippen molar-refractivity contribution in [3.63, 3.8) is 0 Å². The lowest BCUT2D eigenvalue weighted by Gasteiger charge is -2.36. The van der Waals surface area contributed by atoms with Gasteiger partial charge < -0.3 is 10.2 Å². The highest BCUT2D eigenvalue weighted by atomic mass is 35.5. The molecule has 100 valence electrons. The van der Waals surface area contributed by atoms with Gasteiger partial charge in [-0.15, -0.1) is 0 Å². The lowest BCUT2D eigenvalue weighted by atomic mass is 10.0. The average molecular weight is 287 g/mol.